The maximum atomic E-state index is 10.8. The SMILES string of the molecule is Cn1ccc(CNCc2ccc(Br)c([N+](=O)[O-])c2)n1. The minimum absolute atomic E-state index is 0.0807. The van der Waals surface area contributed by atoms with Gasteiger partial charge in [-0.15, -0.1) is 0 Å². The van der Waals surface area contributed by atoms with Crippen molar-refractivity contribution >= 4 is 21.6 Å². The van der Waals surface area contributed by atoms with Crippen LogP contribution in [0.3, 0.4) is 0 Å². The molecule has 0 spiro atoms. The van der Waals surface area contributed by atoms with Crippen molar-refractivity contribution in [2.75, 3.05) is 0 Å². The summed E-state index contributed by atoms with van der Waals surface area (Å²) in [7, 11) is 1.86. The monoisotopic (exact) mass is 324 g/mol. The van der Waals surface area contributed by atoms with E-state index in [4.69, 9.17) is 0 Å². The Kier molecular flexibility index (Phi) is 4.28. The molecule has 0 bridgehead atoms. The summed E-state index contributed by atoms with van der Waals surface area (Å²) in [6.07, 6.45) is 1.88. The Morgan fingerprint density at radius 1 is 1.42 bits per heavy atom. The number of hydrogen-bond acceptors (Lipinski definition) is 4. The molecule has 2 aromatic rings. The molecule has 2 rings (SSSR count). The first-order valence-electron chi connectivity index (χ1n) is 5.68. The Morgan fingerprint density at radius 2 is 2.21 bits per heavy atom. The van der Waals surface area contributed by atoms with Crippen molar-refractivity contribution < 1.29 is 4.92 Å². The van der Waals surface area contributed by atoms with Crippen molar-refractivity contribution in [3.8, 4) is 0 Å². The van der Waals surface area contributed by atoms with E-state index in [1.807, 2.05) is 25.4 Å². The minimum Gasteiger partial charge on any atom is -0.307 e. The number of benzene rings is 1. The van der Waals surface area contributed by atoms with Crippen molar-refractivity contribution in [3.05, 3.63) is 56.3 Å². The van der Waals surface area contributed by atoms with Crippen LogP contribution in [0.1, 0.15) is 11.3 Å². The molecule has 0 radical (unpaired) electrons. The summed E-state index contributed by atoms with van der Waals surface area (Å²) in [4.78, 5) is 10.4. The molecule has 0 unspecified atom stereocenters. The van der Waals surface area contributed by atoms with E-state index in [9.17, 15) is 10.1 Å². The third-order valence-electron chi connectivity index (χ3n) is 2.61. The third-order valence-corrected chi connectivity index (χ3v) is 3.28. The van der Waals surface area contributed by atoms with Crippen molar-refractivity contribution in [1.29, 1.82) is 0 Å². The summed E-state index contributed by atoms with van der Waals surface area (Å²) in [6, 6.07) is 7.03. The lowest BCUT2D eigenvalue weighted by atomic mass is 10.2. The number of nitro benzene ring substituents is 1. The van der Waals surface area contributed by atoms with Gasteiger partial charge in [0.2, 0.25) is 0 Å². The number of nitrogens with one attached hydrogen (secondary N) is 1. The summed E-state index contributed by atoms with van der Waals surface area (Å²) in [5.41, 5.74) is 1.89. The van der Waals surface area contributed by atoms with Gasteiger partial charge in [0, 0.05) is 32.4 Å². The van der Waals surface area contributed by atoms with E-state index in [2.05, 4.69) is 26.3 Å². The van der Waals surface area contributed by atoms with Gasteiger partial charge in [-0.05, 0) is 33.6 Å². The zero-order chi connectivity index (χ0) is 13.8. The van der Waals surface area contributed by atoms with Crippen LogP contribution in [0.2, 0.25) is 0 Å². The third kappa shape index (κ3) is 3.62. The maximum Gasteiger partial charge on any atom is 0.283 e. The molecule has 0 atom stereocenters. The quantitative estimate of drug-likeness (QED) is 0.677. The van der Waals surface area contributed by atoms with Gasteiger partial charge in [-0.1, -0.05) is 6.07 Å². The molecule has 0 aliphatic heterocycles. The Balaban J connectivity index is 1.96. The molecule has 19 heavy (non-hydrogen) atoms. The van der Waals surface area contributed by atoms with Gasteiger partial charge >= 0.3 is 0 Å². The maximum absolute atomic E-state index is 10.8. The van der Waals surface area contributed by atoms with E-state index >= 15 is 0 Å². The molecular formula is C12H13BrN4O2. The van der Waals surface area contributed by atoms with Gasteiger partial charge in [0.1, 0.15) is 0 Å². The van der Waals surface area contributed by atoms with Crippen LogP contribution >= 0.6 is 15.9 Å². The largest absolute Gasteiger partial charge is 0.307 e. The molecule has 0 saturated heterocycles. The van der Waals surface area contributed by atoms with Gasteiger partial charge in [0.15, 0.2) is 0 Å². The Morgan fingerprint density at radius 3 is 2.84 bits per heavy atom. The lowest BCUT2D eigenvalue weighted by Gasteiger charge is -2.04. The summed E-state index contributed by atoms with van der Waals surface area (Å²) < 4.78 is 2.23. The van der Waals surface area contributed by atoms with Crippen LogP contribution in [0.25, 0.3) is 0 Å². The fourth-order valence-corrected chi connectivity index (χ4v) is 2.09. The number of aryl methyl sites for hydroxylation is 1. The number of nitrogens with zero attached hydrogens (tertiary/aromatic N) is 3. The molecule has 0 saturated carbocycles. The van der Waals surface area contributed by atoms with Gasteiger partial charge < -0.3 is 5.32 Å². The summed E-state index contributed by atoms with van der Waals surface area (Å²) in [5, 5.41) is 18.3. The average Bonchev–Trinajstić information content (AvgIpc) is 2.77. The first-order chi connectivity index (χ1) is 9.06. The van der Waals surface area contributed by atoms with E-state index in [-0.39, 0.29) is 5.69 Å². The highest BCUT2D eigenvalue weighted by Crippen LogP contribution is 2.25. The standard InChI is InChI=1S/C12H13BrN4O2/c1-16-5-4-10(15-16)8-14-7-9-2-3-11(13)12(6-9)17(18)19/h2-6,14H,7-8H2,1H3. The van der Waals surface area contributed by atoms with Crippen LogP contribution in [-0.4, -0.2) is 14.7 Å². The summed E-state index contributed by atoms with van der Waals surface area (Å²) in [6.45, 7) is 1.19. The van der Waals surface area contributed by atoms with Crippen molar-refractivity contribution in [2.24, 2.45) is 7.05 Å². The van der Waals surface area contributed by atoms with Gasteiger partial charge in [-0.3, -0.25) is 14.8 Å². The summed E-state index contributed by atoms with van der Waals surface area (Å²) in [5.74, 6) is 0. The first kappa shape index (κ1) is 13.7. The molecular weight excluding hydrogens is 312 g/mol. The number of aromatic nitrogens is 2. The second-order valence-electron chi connectivity index (χ2n) is 4.13. The molecule has 1 heterocycles. The molecule has 0 fully saturated rings. The number of halogens is 1. The minimum atomic E-state index is -0.396. The van der Waals surface area contributed by atoms with Gasteiger partial charge in [-0.2, -0.15) is 5.10 Å². The second kappa shape index (κ2) is 5.94. The predicted molar refractivity (Wildman–Crippen MR) is 74.5 cm³/mol. The normalized spacial score (nSPS) is 10.6. The van der Waals surface area contributed by atoms with Crippen molar-refractivity contribution in [2.45, 2.75) is 13.1 Å². The molecule has 0 aliphatic rings. The molecule has 7 heteroatoms. The van der Waals surface area contributed by atoms with E-state index in [1.165, 1.54) is 0 Å². The second-order valence-corrected chi connectivity index (χ2v) is 4.98. The zero-order valence-corrected chi connectivity index (χ0v) is 11.9. The Labute approximate surface area is 118 Å². The Bertz CT molecular complexity index is 597. The number of rotatable bonds is 5. The number of nitro groups is 1. The van der Waals surface area contributed by atoms with E-state index in [0.29, 0.717) is 17.6 Å². The lowest BCUT2D eigenvalue weighted by molar-refractivity contribution is -0.385. The number of hydrogen-bond donors (Lipinski definition) is 1. The van der Waals surface area contributed by atoms with Crippen molar-refractivity contribution in [3.63, 3.8) is 0 Å². The van der Waals surface area contributed by atoms with Crippen molar-refractivity contribution in [1.82, 2.24) is 15.1 Å². The van der Waals surface area contributed by atoms with Gasteiger partial charge in [-0.25, -0.2) is 0 Å². The molecule has 1 N–H and O–H groups in total. The molecule has 0 amide bonds. The van der Waals surface area contributed by atoms with Crippen LogP contribution in [0.4, 0.5) is 5.69 Å². The van der Waals surface area contributed by atoms with Crippen LogP contribution < -0.4 is 5.32 Å². The topological polar surface area (TPSA) is 73.0 Å². The van der Waals surface area contributed by atoms with Crippen LogP contribution in [0, 0.1) is 10.1 Å². The van der Waals surface area contributed by atoms with Crippen LogP contribution in [0.5, 0.6) is 0 Å². The van der Waals surface area contributed by atoms with Crippen LogP contribution in [0.15, 0.2) is 34.9 Å². The van der Waals surface area contributed by atoms with E-state index in [1.54, 1.807) is 16.8 Å². The summed E-state index contributed by atoms with van der Waals surface area (Å²) >= 11 is 3.16. The van der Waals surface area contributed by atoms with E-state index < -0.39 is 4.92 Å². The molecule has 1 aromatic heterocycles. The highest BCUT2D eigenvalue weighted by molar-refractivity contribution is 9.10. The average molecular weight is 325 g/mol. The Hall–Kier alpha value is -1.73. The highest BCUT2D eigenvalue weighted by atomic mass is 79.9. The fraction of sp³-hybridized carbons (Fsp3) is 0.250. The molecule has 100 valence electrons. The zero-order valence-electron chi connectivity index (χ0n) is 10.3. The first-order valence-corrected chi connectivity index (χ1v) is 6.47. The lowest BCUT2D eigenvalue weighted by Crippen LogP contribution is -2.13. The van der Waals surface area contributed by atoms with Crippen LogP contribution in [-0.2, 0) is 20.1 Å². The van der Waals surface area contributed by atoms with Gasteiger partial charge in [0.25, 0.3) is 5.69 Å². The predicted octanol–water partition coefficient (Wildman–Crippen LogP) is 2.38. The molecule has 6 nitrogen and oxygen atoms in total. The van der Waals surface area contributed by atoms with Gasteiger partial charge in [0.05, 0.1) is 15.1 Å². The molecule has 1 aromatic carbocycles. The fourth-order valence-electron chi connectivity index (χ4n) is 1.70. The molecule has 0 aliphatic carbocycles. The van der Waals surface area contributed by atoms with E-state index in [0.717, 1.165) is 11.3 Å². The smallest absolute Gasteiger partial charge is 0.283 e. The highest BCUT2D eigenvalue weighted by Gasteiger charge is 2.11.